The molecule has 0 bridgehead atoms. The summed E-state index contributed by atoms with van der Waals surface area (Å²) in [6, 6.07) is 3.35. The highest BCUT2D eigenvalue weighted by Crippen LogP contribution is 2.38. The van der Waals surface area contributed by atoms with E-state index in [4.69, 9.17) is 4.74 Å². The molecule has 1 aromatic carbocycles. The molecule has 20 heavy (non-hydrogen) atoms. The lowest BCUT2D eigenvalue weighted by molar-refractivity contribution is -0.120. The Morgan fingerprint density at radius 2 is 1.95 bits per heavy atom. The van der Waals surface area contributed by atoms with Crippen molar-refractivity contribution < 1.29 is 17.9 Å². The quantitative estimate of drug-likeness (QED) is 0.919. The maximum absolute atomic E-state index is 12.4. The average molecular weight is 297 g/mol. The fourth-order valence-corrected chi connectivity index (χ4v) is 3.68. The molecule has 0 spiro atoms. The van der Waals surface area contributed by atoms with Gasteiger partial charge in [-0.05, 0) is 43.4 Å². The SMILES string of the molecule is COc1c(C)cc(C)cc1S(=O)(=O)NC(=O)[C@H]1C[C@H]1C. The molecule has 1 amide bonds. The fourth-order valence-electron chi connectivity index (χ4n) is 2.33. The third kappa shape index (κ3) is 2.80. The second-order valence-corrected chi connectivity index (χ2v) is 7.05. The lowest BCUT2D eigenvalue weighted by atomic mass is 10.1. The van der Waals surface area contributed by atoms with Crippen LogP contribution in [-0.4, -0.2) is 21.4 Å². The van der Waals surface area contributed by atoms with Gasteiger partial charge < -0.3 is 4.74 Å². The number of aryl methyl sites for hydroxylation is 2. The van der Waals surface area contributed by atoms with Crippen LogP contribution in [0.4, 0.5) is 0 Å². The Kier molecular flexibility index (Phi) is 3.77. The number of nitrogens with one attached hydrogen (secondary N) is 1. The number of amides is 1. The van der Waals surface area contributed by atoms with Crippen molar-refractivity contribution in [1.82, 2.24) is 4.72 Å². The van der Waals surface area contributed by atoms with Crippen LogP contribution in [-0.2, 0) is 14.8 Å². The Morgan fingerprint density at radius 1 is 1.35 bits per heavy atom. The van der Waals surface area contributed by atoms with Gasteiger partial charge in [0.2, 0.25) is 5.91 Å². The maximum atomic E-state index is 12.4. The highest BCUT2D eigenvalue weighted by molar-refractivity contribution is 7.90. The Labute approximate surface area is 119 Å². The number of rotatable bonds is 4. The topological polar surface area (TPSA) is 72.5 Å². The van der Waals surface area contributed by atoms with E-state index in [0.717, 1.165) is 17.5 Å². The third-order valence-electron chi connectivity index (χ3n) is 3.56. The Bertz CT molecular complexity index is 651. The number of ether oxygens (including phenoxy) is 1. The van der Waals surface area contributed by atoms with Crippen molar-refractivity contribution in [3.63, 3.8) is 0 Å². The van der Waals surface area contributed by atoms with Crippen molar-refractivity contribution in [2.24, 2.45) is 11.8 Å². The first-order valence-electron chi connectivity index (χ1n) is 6.48. The zero-order valence-corrected chi connectivity index (χ0v) is 12.9. The van der Waals surface area contributed by atoms with E-state index in [2.05, 4.69) is 4.72 Å². The molecule has 5 nitrogen and oxygen atoms in total. The van der Waals surface area contributed by atoms with Crippen LogP contribution in [0.2, 0.25) is 0 Å². The van der Waals surface area contributed by atoms with Crippen molar-refractivity contribution >= 4 is 15.9 Å². The van der Waals surface area contributed by atoms with Gasteiger partial charge in [0.15, 0.2) is 0 Å². The van der Waals surface area contributed by atoms with Gasteiger partial charge in [-0.15, -0.1) is 0 Å². The van der Waals surface area contributed by atoms with Crippen LogP contribution in [0.1, 0.15) is 24.5 Å². The molecule has 1 N–H and O–H groups in total. The lowest BCUT2D eigenvalue weighted by Crippen LogP contribution is -2.32. The minimum Gasteiger partial charge on any atom is -0.495 e. The van der Waals surface area contributed by atoms with Crippen molar-refractivity contribution in [2.75, 3.05) is 7.11 Å². The normalized spacial score (nSPS) is 21.4. The van der Waals surface area contributed by atoms with Gasteiger partial charge in [0, 0.05) is 5.92 Å². The van der Waals surface area contributed by atoms with Gasteiger partial charge in [-0.1, -0.05) is 13.0 Å². The molecule has 6 heteroatoms. The molecule has 0 aliphatic heterocycles. The fraction of sp³-hybridized carbons (Fsp3) is 0.500. The lowest BCUT2D eigenvalue weighted by Gasteiger charge is -2.13. The van der Waals surface area contributed by atoms with E-state index >= 15 is 0 Å². The van der Waals surface area contributed by atoms with Crippen molar-refractivity contribution in [1.29, 1.82) is 0 Å². The summed E-state index contributed by atoms with van der Waals surface area (Å²) in [7, 11) is -2.48. The van der Waals surface area contributed by atoms with Crippen LogP contribution in [0.3, 0.4) is 0 Å². The second kappa shape index (κ2) is 5.09. The first-order valence-corrected chi connectivity index (χ1v) is 7.96. The summed E-state index contributed by atoms with van der Waals surface area (Å²) in [4.78, 5) is 11.9. The molecule has 0 saturated heterocycles. The van der Waals surface area contributed by atoms with Gasteiger partial charge in [0.05, 0.1) is 7.11 Å². The summed E-state index contributed by atoms with van der Waals surface area (Å²) in [6.07, 6.45) is 0.741. The summed E-state index contributed by atoms with van der Waals surface area (Å²) in [5, 5.41) is 0. The number of sulfonamides is 1. The minimum atomic E-state index is -3.90. The number of methoxy groups -OCH3 is 1. The molecule has 0 radical (unpaired) electrons. The van der Waals surface area contributed by atoms with Crippen LogP contribution in [0.5, 0.6) is 5.75 Å². The molecule has 1 fully saturated rings. The van der Waals surface area contributed by atoms with Crippen molar-refractivity contribution in [3.8, 4) is 5.75 Å². The van der Waals surface area contributed by atoms with Crippen LogP contribution >= 0.6 is 0 Å². The van der Waals surface area contributed by atoms with Gasteiger partial charge in [0.1, 0.15) is 10.6 Å². The number of hydrogen-bond acceptors (Lipinski definition) is 4. The largest absolute Gasteiger partial charge is 0.495 e. The van der Waals surface area contributed by atoms with E-state index in [-0.39, 0.29) is 22.5 Å². The smallest absolute Gasteiger partial charge is 0.267 e. The van der Waals surface area contributed by atoms with Gasteiger partial charge >= 0.3 is 0 Å². The van der Waals surface area contributed by atoms with Crippen LogP contribution in [0.25, 0.3) is 0 Å². The average Bonchev–Trinajstić information content (AvgIpc) is 3.05. The number of carbonyl (C=O) groups is 1. The van der Waals surface area contributed by atoms with Gasteiger partial charge in [0.25, 0.3) is 10.0 Å². The van der Waals surface area contributed by atoms with E-state index in [0.29, 0.717) is 0 Å². The van der Waals surface area contributed by atoms with E-state index in [1.165, 1.54) is 13.2 Å². The van der Waals surface area contributed by atoms with E-state index < -0.39 is 15.9 Å². The van der Waals surface area contributed by atoms with E-state index in [1.54, 1.807) is 13.8 Å². The summed E-state index contributed by atoms with van der Waals surface area (Å²) < 4.78 is 32.0. The molecule has 1 aliphatic rings. The number of hydrogen-bond donors (Lipinski definition) is 1. The molecule has 110 valence electrons. The molecule has 1 saturated carbocycles. The minimum absolute atomic E-state index is 0.0131. The Balaban J connectivity index is 2.36. The van der Waals surface area contributed by atoms with Crippen LogP contribution < -0.4 is 9.46 Å². The predicted octanol–water partition coefficient (Wildman–Crippen LogP) is 1.77. The molecule has 1 aromatic rings. The van der Waals surface area contributed by atoms with Gasteiger partial charge in [-0.25, -0.2) is 13.1 Å². The molecule has 0 heterocycles. The first-order chi connectivity index (χ1) is 9.26. The monoisotopic (exact) mass is 297 g/mol. The van der Waals surface area contributed by atoms with Crippen LogP contribution in [0.15, 0.2) is 17.0 Å². The number of carbonyl (C=O) groups excluding carboxylic acids is 1. The Morgan fingerprint density at radius 3 is 2.45 bits per heavy atom. The molecule has 2 rings (SSSR count). The summed E-state index contributed by atoms with van der Waals surface area (Å²) in [5.41, 5.74) is 1.52. The molecule has 0 aromatic heterocycles. The maximum Gasteiger partial charge on any atom is 0.267 e. The highest BCUT2D eigenvalue weighted by Gasteiger charge is 2.41. The molecular weight excluding hydrogens is 278 g/mol. The van der Waals surface area contributed by atoms with E-state index in [9.17, 15) is 13.2 Å². The molecular formula is C14H19NO4S. The summed E-state index contributed by atoms with van der Waals surface area (Å²) in [6.45, 7) is 5.50. The van der Waals surface area contributed by atoms with Crippen LogP contribution in [0, 0.1) is 25.7 Å². The van der Waals surface area contributed by atoms with Crippen molar-refractivity contribution in [3.05, 3.63) is 23.3 Å². The highest BCUT2D eigenvalue weighted by atomic mass is 32.2. The Hall–Kier alpha value is -1.56. The predicted molar refractivity (Wildman–Crippen MR) is 75.1 cm³/mol. The van der Waals surface area contributed by atoms with Gasteiger partial charge in [-0.2, -0.15) is 0 Å². The standard InChI is InChI=1S/C14H19NO4S/c1-8-5-10(3)13(19-4)12(6-8)20(17,18)15-14(16)11-7-9(11)2/h5-6,9,11H,7H2,1-4H3,(H,15,16)/t9-,11+/m1/s1. The third-order valence-corrected chi connectivity index (χ3v) is 4.91. The molecule has 0 unspecified atom stereocenters. The van der Waals surface area contributed by atoms with E-state index in [1.807, 2.05) is 13.0 Å². The second-order valence-electron chi connectivity index (χ2n) is 5.40. The van der Waals surface area contributed by atoms with Gasteiger partial charge in [-0.3, -0.25) is 4.79 Å². The first kappa shape index (κ1) is 14.8. The molecule has 2 atom stereocenters. The zero-order chi connectivity index (χ0) is 15.1. The summed E-state index contributed by atoms with van der Waals surface area (Å²) in [5.74, 6) is -0.0912. The van der Waals surface area contributed by atoms with Crippen molar-refractivity contribution in [2.45, 2.75) is 32.1 Å². The number of benzene rings is 1. The molecule has 1 aliphatic carbocycles. The summed E-state index contributed by atoms with van der Waals surface area (Å²) >= 11 is 0. The zero-order valence-electron chi connectivity index (χ0n) is 12.1.